The highest BCUT2D eigenvalue weighted by Crippen LogP contribution is 2.41. The van der Waals surface area contributed by atoms with Gasteiger partial charge in [0.25, 0.3) is 5.91 Å². The predicted molar refractivity (Wildman–Crippen MR) is 96.0 cm³/mol. The van der Waals surface area contributed by atoms with Crippen molar-refractivity contribution in [2.45, 2.75) is 32.2 Å². The van der Waals surface area contributed by atoms with Crippen LogP contribution in [0, 0.1) is 0 Å². The smallest absolute Gasteiger partial charge is 0.274 e. The molecule has 2 N–H and O–H groups in total. The first-order chi connectivity index (χ1) is 11.8. The second kappa shape index (κ2) is 6.50. The van der Waals surface area contributed by atoms with Gasteiger partial charge in [0, 0.05) is 28.1 Å². The molecule has 3 rings (SSSR count). The average molecular weight is 359 g/mol. The summed E-state index contributed by atoms with van der Waals surface area (Å²) >= 11 is 6.15. The normalized spacial score (nSPS) is 15.7. The van der Waals surface area contributed by atoms with Gasteiger partial charge in [0.15, 0.2) is 0 Å². The Kier molecular flexibility index (Phi) is 4.54. The van der Waals surface area contributed by atoms with Gasteiger partial charge in [-0.25, -0.2) is 5.48 Å². The minimum Gasteiger partial charge on any atom is -0.308 e. The standard InChI is InChI=1S/C19H19ClN2O3/c1-19(2)10-17(23)22(16-8-7-14(20)9-15(16)19)11-12-3-5-13(6-4-12)18(24)21-25/h3-9,25H,10-11H2,1-2H3,(H,21,24). The number of hydroxylamine groups is 1. The molecule has 1 aliphatic rings. The number of rotatable bonds is 3. The molecule has 0 fully saturated rings. The monoisotopic (exact) mass is 358 g/mol. The van der Waals surface area contributed by atoms with Crippen LogP contribution < -0.4 is 10.4 Å². The zero-order chi connectivity index (χ0) is 18.2. The summed E-state index contributed by atoms with van der Waals surface area (Å²) in [5.41, 5.74) is 4.49. The Bertz CT molecular complexity index is 831. The van der Waals surface area contributed by atoms with E-state index in [2.05, 4.69) is 0 Å². The lowest BCUT2D eigenvalue weighted by molar-refractivity contribution is -0.120. The van der Waals surface area contributed by atoms with E-state index in [-0.39, 0.29) is 11.3 Å². The molecule has 0 aliphatic carbocycles. The molecule has 1 heterocycles. The third kappa shape index (κ3) is 3.38. The largest absolute Gasteiger partial charge is 0.308 e. The van der Waals surface area contributed by atoms with E-state index >= 15 is 0 Å². The molecule has 5 nitrogen and oxygen atoms in total. The van der Waals surface area contributed by atoms with Crippen molar-refractivity contribution in [1.82, 2.24) is 5.48 Å². The first-order valence-corrected chi connectivity index (χ1v) is 8.33. The van der Waals surface area contributed by atoms with Gasteiger partial charge in [-0.05, 0) is 41.5 Å². The van der Waals surface area contributed by atoms with Crippen molar-refractivity contribution in [2.24, 2.45) is 0 Å². The quantitative estimate of drug-likeness (QED) is 0.649. The molecule has 2 aromatic rings. The Hall–Kier alpha value is -2.37. The Morgan fingerprint density at radius 2 is 1.92 bits per heavy atom. The van der Waals surface area contributed by atoms with E-state index in [1.54, 1.807) is 40.7 Å². The van der Waals surface area contributed by atoms with Crippen LogP contribution in [0.3, 0.4) is 0 Å². The maximum absolute atomic E-state index is 12.7. The number of carbonyl (C=O) groups is 2. The van der Waals surface area contributed by atoms with Gasteiger partial charge in [-0.15, -0.1) is 0 Å². The molecule has 0 aromatic heterocycles. The number of carbonyl (C=O) groups excluding carboxylic acids is 2. The number of halogens is 1. The highest BCUT2D eigenvalue weighted by atomic mass is 35.5. The van der Waals surface area contributed by atoms with Crippen LogP contribution in [-0.2, 0) is 16.8 Å². The number of anilines is 1. The van der Waals surface area contributed by atoms with Crippen LogP contribution in [0.25, 0.3) is 0 Å². The summed E-state index contributed by atoms with van der Waals surface area (Å²) in [5.74, 6) is -0.515. The molecule has 2 aromatic carbocycles. The topological polar surface area (TPSA) is 69.6 Å². The van der Waals surface area contributed by atoms with Gasteiger partial charge in [0.1, 0.15) is 0 Å². The molecular weight excluding hydrogens is 340 g/mol. The Morgan fingerprint density at radius 3 is 2.56 bits per heavy atom. The van der Waals surface area contributed by atoms with Crippen molar-refractivity contribution < 1.29 is 14.8 Å². The van der Waals surface area contributed by atoms with E-state index in [4.69, 9.17) is 16.8 Å². The third-order valence-electron chi connectivity index (χ3n) is 4.53. The Morgan fingerprint density at radius 1 is 1.24 bits per heavy atom. The fourth-order valence-electron chi connectivity index (χ4n) is 3.17. The summed E-state index contributed by atoms with van der Waals surface area (Å²) in [6, 6.07) is 12.4. The molecule has 1 aliphatic heterocycles. The van der Waals surface area contributed by atoms with Gasteiger partial charge in [0.05, 0.1) is 6.54 Å². The van der Waals surface area contributed by atoms with Gasteiger partial charge >= 0.3 is 0 Å². The first kappa shape index (κ1) is 17.5. The van der Waals surface area contributed by atoms with Crippen molar-refractivity contribution in [1.29, 1.82) is 0 Å². The molecule has 130 valence electrons. The maximum atomic E-state index is 12.7. The van der Waals surface area contributed by atoms with E-state index in [9.17, 15) is 9.59 Å². The molecule has 6 heteroatoms. The highest BCUT2D eigenvalue weighted by Gasteiger charge is 2.36. The fourth-order valence-corrected chi connectivity index (χ4v) is 3.34. The number of amides is 2. The zero-order valence-corrected chi connectivity index (χ0v) is 14.8. The number of hydrogen-bond acceptors (Lipinski definition) is 3. The molecule has 25 heavy (non-hydrogen) atoms. The van der Waals surface area contributed by atoms with Crippen LogP contribution in [0.5, 0.6) is 0 Å². The lowest BCUT2D eigenvalue weighted by Gasteiger charge is -2.38. The molecule has 0 radical (unpaired) electrons. The minimum atomic E-state index is -0.567. The van der Waals surface area contributed by atoms with Gasteiger partial charge in [-0.3, -0.25) is 14.8 Å². The predicted octanol–water partition coefficient (Wildman–Crippen LogP) is 3.67. The molecule has 0 bridgehead atoms. The maximum Gasteiger partial charge on any atom is 0.274 e. The van der Waals surface area contributed by atoms with Crippen molar-refractivity contribution in [3.8, 4) is 0 Å². The van der Waals surface area contributed by atoms with Crippen LogP contribution in [0.2, 0.25) is 5.02 Å². The van der Waals surface area contributed by atoms with E-state index < -0.39 is 5.91 Å². The van der Waals surface area contributed by atoms with E-state index in [1.807, 2.05) is 26.0 Å². The summed E-state index contributed by atoms with van der Waals surface area (Å²) < 4.78 is 0. The second-order valence-corrected chi connectivity index (χ2v) is 7.28. The molecule has 0 spiro atoms. The SMILES string of the molecule is CC1(C)CC(=O)N(Cc2ccc(C(=O)NO)cc2)c2ccc(Cl)cc21. The molecule has 0 atom stereocenters. The fraction of sp³-hybridized carbons (Fsp3) is 0.263. The van der Waals surface area contributed by atoms with Gasteiger partial charge in [-0.1, -0.05) is 37.6 Å². The van der Waals surface area contributed by atoms with Crippen molar-refractivity contribution in [3.05, 3.63) is 64.2 Å². The van der Waals surface area contributed by atoms with Crippen molar-refractivity contribution in [3.63, 3.8) is 0 Å². The van der Waals surface area contributed by atoms with E-state index in [0.29, 0.717) is 23.6 Å². The zero-order valence-electron chi connectivity index (χ0n) is 14.0. The number of nitrogens with zero attached hydrogens (tertiary/aromatic N) is 1. The average Bonchev–Trinajstić information content (AvgIpc) is 2.58. The molecule has 0 saturated heterocycles. The van der Waals surface area contributed by atoms with E-state index in [1.165, 1.54) is 0 Å². The molecule has 0 unspecified atom stereocenters. The first-order valence-electron chi connectivity index (χ1n) is 7.95. The van der Waals surface area contributed by atoms with Crippen molar-refractivity contribution in [2.75, 3.05) is 4.90 Å². The summed E-state index contributed by atoms with van der Waals surface area (Å²) in [6.45, 7) is 4.49. The molecule has 0 saturated carbocycles. The van der Waals surface area contributed by atoms with Crippen LogP contribution in [0.1, 0.15) is 41.8 Å². The Balaban J connectivity index is 1.92. The highest BCUT2D eigenvalue weighted by molar-refractivity contribution is 6.30. The van der Waals surface area contributed by atoms with Crippen molar-refractivity contribution >= 4 is 29.1 Å². The van der Waals surface area contributed by atoms with Crippen LogP contribution in [0.4, 0.5) is 5.69 Å². The number of nitrogens with one attached hydrogen (secondary N) is 1. The third-order valence-corrected chi connectivity index (χ3v) is 4.77. The second-order valence-electron chi connectivity index (χ2n) is 6.84. The van der Waals surface area contributed by atoms with E-state index in [0.717, 1.165) is 16.8 Å². The molecule has 2 amide bonds. The summed E-state index contributed by atoms with van der Waals surface area (Å²) in [7, 11) is 0. The summed E-state index contributed by atoms with van der Waals surface area (Å²) in [4.78, 5) is 25.8. The summed E-state index contributed by atoms with van der Waals surface area (Å²) in [6.07, 6.45) is 0.408. The van der Waals surface area contributed by atoms with Gasteiger partial charge < -0.3 is 4.90 Å². The van der Waals surface area contributed by atoms with Crippen LogP contribution >= 0.6 is 11.6 Å². The van der Waals surface area contributed by atoms with Crippen LogP contribution in [-0.4, -0.2) is 17.0 Å². The summed E-state index contributed by atoms with van der Waals surface area (Å²) in [5, 5.41) is 9.32. The number of benzene rings is 2. The number of hydrogen-bond donors (Lipinski definition) is 2. The lowest BCUT2D eigenvalue weighted by Crippen LogP contribution is -2.41. The van der Waals surface area contributed by atoms with Gasteiger partial charge in [-0.2, -0.15) is 0 Å². The number of fused-ring (bicyclic) bond motifs is 1. The Labute approximate surface area is 151 Å². The van der Waals surface area contributed by atoms with Crippen LogP contribution in [0.15, 0.2) is 42.5 Å². The lowest BCUT2D eigenvalue weighted by atomic mass is 9.77. The van der Waals surface area contributed by atoms with Gasteiger partial charge in [0.2, 0.25) is 5.91 Å². The minimum absolute atomic E-state index is 0.0528. The molecular formula is C19H19ClN2O3.